The number of nitrogens with zero attached hydrogens (tertiary/aromatic N) is 1. The van der Waals surface area contributed by atoms with Crippen molar-refractivity contribution in [3.8, 4) is 0 Å². The van der Waals surface area contributed by atoms with E-state index >= 15 is 0 Å². The predicted octanol–water partition coefficient (Wildman–Crippen LogP) is 1.74. The molecule has 2 heterocycles. The number of nitrogens with one attached hydrogen (secondary N) is 1. The third-order valence-electron chi connectivity index (χ3n) is 2.82. The molecule has 3 heteroatoms. The molecular formula is C10H11BrN2. The first-order chi connectivity index (χ1) is 6.34. The molecule has 0 saturated carbocycles. The lowest BCUT2D eigenvalue weighted by molar-refractivity contribution is 0.404. The van der Waals surface area contributed by atoms with Crippen molar-refractivity contribution in [3.05, 3.63) is 34.3 Å². The number of hydrogen-bond donors (Lipinski definition) is 1. The summed E-state index contributed by atoms with van der Waals surface area (Å²) in [6.45, 7) is 2.43. The van der Waals surface area contributed by atoms with Crippen LogP contribution in [0.25, 0.3) is 0 Å². The highest BCUT2D eigenvalue weighted by atomic mass is 79.9. The van der Waals surface area contributed by atoms with Gasteiger partial charge in [0.1, 0.15) is 0 Å². The fourth-order valence-electron chi connectivity index (χ4n) is 2.01. The van der Waals surface area contributed by atoms with E-state index < -0.39 is 0 Å². The quantitative estimate of drug-likeness (QED) is 0.751. The Morgan fingerprint density at radius 3 is 2.62 bits per heavy atom. The molecule has 68 valence electrons. The molecule has 1 aromatic rings. The highest BCUT2D eigenvalue weighted by Crippen LogP contribution is 2.35. The van der Waals surface area contributed by atoms with Crippen LogP contribution in [0.1, 0.15) is 11.7 Å². The van der Waals surface area contributed by atoms with Gasteiger partial charge in [-0.1, -0.05) is 28.1 Å². The Bertz CT molecular complexity index is 322. The average molecular weight is 239 g/mol. The number of halogens is 1. The fourth-order valence-corrected chi connectivity index (χ4v) is 2.28. The van der Waals surface area contributed by atoms with Crippen molar-refractivity contribution >= 4 is 15.9 Å². The van der Waals surface area contributed by atoms with Crippen molar-refractivity contribution in [2.45, 2.75) is 12.2 Å². The van der Waals surface area contributed by atoms with E-state index in [0.29, 0.717) is 6.17 Å². The van der Waals surface area contributed by atoms with E-state index in [9.17, 15) is 0 Å². The second-order valence-electron chi connectivity index (χ2n) is 3.71. The molecule has 0 bridgehead atoms. The minimum Gasteiger partial charge on any atom is -0.296 e. The molecule has 1 N–H and O–H groups in total. The Hall–Kier alpha value is -0.380. The zero-order chi connectivity index (χ0) is 8.84. The van der Waals surface area contributed by atoms with Gasteiger partial charge in [-0.2, -0.15) is 0 Å². The monoisotopic (exact) mass is 238 g/mol. The summed E-state index contributed by atoms with van der Waals surface area (Å²) >= 11 is 3.45. The van der Waals surface area contributed by atoms with Gasteiger partial charge in [-0.05, 0) is 17.7 Å². The molecule has 13 heavy (non-hydrogen) atoms. The van der Waals surface area contributed by atoms with Gasteiger partial charge in [0.2, 0.25) is 0 Å². The number of benzene rings is 1. The maximum atomic E-state index is 3.50. The van der Waals surface area contributed by atoms with Crippen LogP contribution in [-0.4, -0.2) is 24.0 Å². The van der Waals surface area contributed by atoms with Gasteiger partial charge >= 0.3 is 0 Å². The second kappa shape index (κ2) is 2.80. The standard InChI is InChI=1S/C10H11BrN2/c11-8-3-1-7(2-4-8)10-12-5-9-6-13(9)10/h1-4,9-10,12H,5-6H2. The van der Waals surface area contributed by atoms with Crippen LogP contribution >= 0.6 is 15.9 Å². The molecule has 2 nitrogen and oxygen atoms in total. The molecule has 3 rings (SSSR count). The highest BCUT2D eigenvalue weighted by molar-refractivity contribution is 9.10. The zero-order valence-corrected chi connectivity index (χ0v) is 8.79. The lowest BCUT2D eigenvalue weighted by Gasteiger charge is -2.14. The molecule has 2 aliphatic rings. The van der Waals surface area contributed by atoms with Crippen molar-refractivity contribution in [1.29, 1.82) is 0 Å². The summed E-state index contributed by atoms with van der Waals surface area (Å²) in [5.41, 5.74) is 1.38. The van der Waals surface area contributed by atoms with Crippen LogP contribution in [0, 0.1) is 0 Å². The summed E-state index contributed by atoms with van der Waals surface area (Å²) in [5.74, 6) is 0. The third kappa shape index (κ3) is 1.31. The summed E-state index contributed by atoms with van der Waals surface area (Å²) < 4.78 is 1.15. The molecule has 3 unspecified atom stereocenters. The zero-order valence-electron chi connectivity index (χ0n) is 7.20. The molecule has 1 aromatic carbocycles. The van der Waals surface area contributed by atoms with Gasteiger partial charge < -0.3 is 0 Å². The first-order valence-electron chi connectivity index (χ1n) is 4.59. The molecule has 3 atom stereocenters. The Labute approximate surface area is 86.1 Å². The van der Waals surface area contributed by atoms with Gasteiger partial charge in [-0.3, -0.25) is 10.2 Å². The molecule has 0 spiro atoms. The molecule has 2 saturated heterocycles. The normalized spacial score (nSPS) is 35.9. The summed E-state index contributed by atoms with van der Waals surface area (Å²) in [7, 11) is 0. The Balaban J connectivity index is 1.87. The number of rotatable bonds is 1. The molecule has 2 fully saturated rings. The average Bonchev–Trinajstić information content (AvgIpc) is 2.81. The van der Waals surface area contributed by atoms with Crippen molar-refractivity contribution in [2.24, 2.45) is 0 Å². The summed E-state index contributed by atoms with van der Waals surface area (Å²) in [6, 6.07) is 9.39. The van der Waals surface area contributed by atoms with E-state index in [1.54, 1.807) is 0 Å². The van der Waals surface area contributed by atoms with Gasteiger partial charge in [0, 0.05) is 23.6 Å². The van der Waals surface area contributed by atoms with Crippen molar-refractivity contribution in [2.75, 3.05) is 13.1 Å². The smallest absolute Gasteiger partial charge is 0.0865 e. The largest absolute Gasteiger partial charge is 0.296 e. The molecule has 0 amide bonds. The van der Waals surface area contributed by atoms with Crippen LogP contribution in [0.4, 0.5) is 0 Å². The molecule has 0 aliphatic carbocycles. The minimum atomic E-state index is 0.470. The van der Waals surface area contributed by atoms with E-state index in [2.05, 4.69) is 50.4 Å². The van der Waals surface area contributed by atoms with Gasteiger partial charge in [-0.15, -0.1) is 0 Å². The maximum Gasteiger partial charge on any atom is 0.0865 e. The minimum absolute atomic E-state index is 0.470. The van der Waals surface area contributed by atoms with Gasteiger partial charge in [0.15, 0.2) is 0 Å². The number of hydrogen-bond acceptors (Lipinski definition) is 2. The maximum absolute atomic E-state index is 3.50. The van der Waals surface area contributed by atoms with Gasteiger partial charge in [-0.25, -0.2) is 0 Å². The molecule has 0 aromatic heterocycles. The van der Waals surface area contributed by atoms with E-state index in [1.165, 1.54) is 12.1 Å². The third-order valence-corrected chi connectivity index (χ3v) is 3.35. The SMILES string of the molecule is Brc1ccc(C2NCC3CN32)cc1. The van der Waals surface area contributed by atoms with Gasteiger partial charge in [0.05, 0.1) is 6.17 Å². The predicted molar refractivity (Wildman–Crippen MR) is 55.4 cm³/mol. The van der Waals surface area contributed by atoms with Crippen LogP contribution in [-0.2, 0) is 0 Å². The summed E-state index contributed by atoms with van der Waals surface area (Å²) in [5, 5.41) is 3.50. The first-order valence-corrected chi connectivity index (χ1v) is 5.38. The number of fused-ring (bicyclic) bond motifs is 1. The Morgan fingerprint density at radius 2 is 2.08 bits per heavy atom. The van der Waals surface area contributed by atoms with Crippen LogP contribution < -0.4 is 5.32 Å². The van der Waals surface area contributed by atoms with E-state index in [-0.39, 0.29) is 0 Å². The lowest BCUT2D eigenvalue weighted by atomic mass is 10.2. The van der Waals surface area contributed by atoms with E-state index in [4.69, 9.17) is 0 Å². The molecular weight excluding hydrogens is 228 g/mol. The lowest BCUT2D eigenvalue weighted by Crippen LogP contribution is -2.21. The van der Waals surface area contributed by atoms with E-state index in [1.807, 2.05) is 0 Å². The van der Waals surface area contributed by atoms with Crippen molar-refractivity contribution in [3.63, 3.8) is 0 Å². The molecule has 0 radical (unpaired) electrons. The Kier molecular flexibility index (Phi) is 1.72. The highest BCUT2D eigenvalue weighted by Gasteiger charge is 2.45. The Morgan fingerprint density at radius 1 is 1.31 bits per heavy atom. The van der Waals surface area contributed by atoms with Crippen LogP contribution in [0.2, 0.25) is 0 Å². The summed E-state index contributed by atoms with van der Waals surface area (Å²) in [4.78, 5) is 2.49. The van der Waals surface area contributed by atoms with Crippen LogP contribution in [0.3, 0.4) is 0 Å². The van der Waals surface area contributed by atoms with Crippen LogP contribution in [0.15, 0.2) is 28.7 Å². The second-order valence-corrected chi connectivity index (χ2v) is 4.63. The van der Waals surface area contributed by atoms with Crippen molar-refractivity contribution < 1.29 is 0 Å². The van der Waals surface area contributed by atoms with Gasteiger partial charge in [0.25, 0.3) is 0 Å². The summed E-state index contributed by atoms with van der Waals surface area (Å²) in [6.07, 6.45) is 0.470. The van der Waals surface area contributed by atoms with E-state index in [0.717, 1.165) is 17.1 Å². The fraction of sp³-hybridized carbons (Fsp3) is 0.400. The van der Waals surface area contributed by atoms with Crippen molar-refractivity contribution in [1.82, 2.24) is 10.2 Å². The topological polar surface area (TPSA) is 15.0 Å². The first kappa shape index (κ1) is 7.97. The molecule has 2 aliphatic heterocycles. The van der Waals surface area contributed by atoms with Crippen LogP contribution in [0.5, 0.6) is 0 Å².